The molecule has 0 radical (unpaired) electrons. The predicted octanol–water partition coefficient (Wildman–Crippen LogP) is 5.88. The zero-order valence-electron chi connectivity index (χ0n) is 33.9. The Balaban J connectivity index is 1.06. The number of sulfonamides is 1. The number of aromatic nitrogens is 2. The number of allylic oxidation sites excluding steroid dienone is 1. The summed E-state index contributed by atoms with van der Waals surface area (Å²) in [4.78, 5) is 67.4. The molecule has 2 aromatic heterocycles. The first-order valence-corrected chi connectivity index (χ1v) is 22.9. The summed E-state index contributed by atoms with van der Waals surface area (Å²) in [7, 11) is -3.93. The highest BCUT2D eigenvalue weighted by molar-refractivity contribution is 7.91. The van der Waals surface area contributed by atoms with Gasteiger partial charge < -0.3 is 29.4 Å². The Labute approximate surface area is 352 Å². The van der Waals surface area contributed by atoms with E-state index in [1.165, 1.54) is 17.0 Å². The molecule has 15 nitrogen and oxygen atoms in total. The third-order valence-corrected chi connectivity index (χ3v) is 14.3. The van der Waals surface area contributed by atoms with Crippen molar-refractivity contribution in [3.63, 3.8) is 0 Å². The number of hydrogen-bond donors (Lipinski definition) is 3. The minimum absolute atomic E-state index is 0.0436. The number of alkyl carbamates (subject to hydrolysis) is 1. The number of carbonyl (C=O) groups is 4. The van der Waals surface area contributed by atoms with E-state index >= 15 is 0 Å². The van der Waals surface area contributed by atoms with Crippen LogP contribution in [-0.4, -0.2) is 88.7 Å². The summed E-state index contributed by atoms with van der Waals surface area (Å²) in [5.74, 6) is -2.63. The monoisotopic (exact) mass is 856 g/mol. The lowest BCUT2D eigenvalue weighted by molar-refractivity contribution is -0.141. The Morgan fingerprint density at radius 1 is 0.967 bits per heavy atom. The van der Waals surface area contributed by atoms with Crippen LogP contribution in [0.1, 0.15) is 89.0 Å². The highest BCUT2D eigenvalue weighted by atomic mass is 32.2. The summed E-state index contributed by atoms with van der Waals surface area (Å²) >= 11 is 0. The molecule has 2 aromatic carbocycles. The van der Waals surface area contributed by atoms with Gasteiger partial charge in [0, 0.05) is 23.3 Å². The van der Waals surface area contributed by atoms with Crippen molar-refractivity contribution in [2.45, 2.75) is 125 Å². The Morgan fingerprint density at radius 2 is 1.74 bits per heavy atom. The number of benzene rings is 2. The molecule has 5 atom stereocenters. The molecule has 0 spiro atoms. The predicted molar refractivity (Wildman–Crippen MR) is 221 cm³/mol. The third kappa shape index (κ3) is 8.53. The number of fused-ring (bicyclic) bond motifs is 5. The van der Waals surface area contributed by atoms with Gasteiger partial charge in [-0.25, -0.2) is 22.6 Å². The van der Waals surface area contributed by atoms with Crippen LogP contribution in [0.5, 0.6) is 5.88 Å². The number of aryl methyl sites for hydroxylation is 1. The van der Waals surface area contributed by atoms with Crippen molar-refractivity contribution in [1.29, 1.82) is 0 Å². The first-order valence-electron chi connectivity index (χ1n) is 21.3. The van der Waals surface area contributed by atoms with Crippen LogP contribution in [0.3, 0.4) is 0 Å². The highest BCUT2D eigenvalue weighted by Gasteiger charge is 2.62. The lowest BCUT2D eigenvalue weighted by Gasteiger charge is -2.30. The maximum atomic E-state index is 14.8. The molecule has 3 N–H and O–H groups in total. The molecule has 3 saturated carbocycles. The van der Waals surface area contributed by atoms with E-state index in [0.717, 1.165) is 44.1 Å². The van der Waals surface area contributed by atoms with Crippen molar-refractivity contribution in [3.05, 3.63) is 66.0 Å². The molecule has 9 rings (SSSR count). The van der Waals surface area contributed by atoms with E-state index in [1.54, 1.807) is 12.1 Å². The first-order chi connectivity index (χ1) is 29.4. The van der Waals surface area contributed by atoms with Crippen molar-refractivity contribution < 1.29 is 45.9 Å². The number of rotatable bonds is 8. The standard InChI is InChI=1S/C44H49FN6O9S/c1-25-13-20-35-32(21-25)36-37(60-35)40(48-38(47-36)26-14-16-28(45)17-15-26)58-30-22-34-39(52)49-44(42(54)50-61(56,57)31-18-19-31)23-27(44)9-5-3-2-4-6-12-33(41(53)51(34)24-30)46-43(55)59-29-10-7-8-11-29/h5,9,13-17,20-21,27,29-31,33-34H,2-4,6-8,10-12,18-19,22-24H2,1H3,(H,46,55)(H,49,52)(H,50,54)/t27-,30-,33+,34+,44-/m1/s1. The van der Waals surface area contributed by atoms with Crippen LogP contribution in [0.4, 0.5) is 9.18 Å². The number of ether oxygens (including phenoxy) is 2. The molecule has 4 amide bonds. The number of nitrogens with zero attached hydrogens (tertiary/aromatic N) is 3. The summed E-state index contributed by atoms with van der Waals surface area (Å²) in [5.41, 5.74) is 1.15. The fourth-order valence-electron chi connectivity index (χ4n) is 8.88. The van der Waals surface area contributed by atoms with Crippen LogP contribution in [-0.2, 0) is 29.1 Å². The van der Waals surface area contributed by atoms with Crippen LogP contribution in [0.15, 0.2) is 59.0 Å². The average Bonchev–Trinajstić information content (AvgIpc) is 4.05. The van der Waals surface area contributed by atoms with Crippen molar-refractivity contribution in [2.75, 3.05) is 6.54 Å². The number of furan rings is 1. The van der Waals surface area contributed by atoms with Crippen LogP contribution in [0.25, 0.3) is 33.5 Å². The van der Waals surface area contributed by atoms with E-state index in [4.69, 9.17) is 23.9 Å². The van der Waals surface area contributed by atoms with Crippen molar-refractivity contribution >= 4 is 55.9 Å². The van der Waals surface area contributed by atoms with E-state index in [2.05, 4.69) is 15.4 Å². The van der Waals surface area contributed by atoms with Gasteiger partial charge in [-0.3, -0.25) is 19.1 Å². The third-order valence-electron chi connectivity index (χ3n) is 12.5. The molecule has 5 aliphatic rings. The van der Waals surface area contributed by atoms with E-state index in [-0.39, 0.29) is 42.8 Å². The van der Waals surface area contributed by atoms with Crippen LogP contribution in [0, 0.1) is 18.7 Å². The lowest BCUT2D eigenvalue weighted by atomic mass is 10.0. The fourth-order valence-corrected chi connectivity index (χ4v) is 10.2. The summed E-state index contributed by atoms with van der Waals surface area (Å²) in [6, 6.07) is 9.12. The summed E-state index contributed by atoms with van der Waals surface area (Å²) in [5, 5.41) is 5.74. The molecule has 0 unspecified atom stereocenters. The quantitative estimate of drug-likeness (QED) is 0.179. The smallest absolute Gasteiger partial charge is 0.408 e. The van der Waals surface area contributed by atoms with E-state index in [9.17, 15) is 32.0 Å². The zero-order chi connectivity index (χ0) is 42.5. The van der Waals surface area contributed by atoms with E-state index in [1.807, 2.05) is 37.3 Å². The Morgan fingerprint density at radius 3 is 2.51 bits per heavy atom. The number of amides is 4. The van der Waals surface area contributed by atoms with Crippen LogP contribution < -0.4 is 20.1 Å². The SMILES string of the molecule is Cc1ccc2oc3c(O[C@@H]4C[C@H]5C(=O)N[C@]6(C(=O)NS(=O)(=O)C7CC7)C[C@H]6C=CCCCCC[C@H](NC(=O)OC6CCCC6)C(=O)N5C4)nc(-c4ccc(F)cc4)nc3c2c1. The zero-order valence-corrected chi connectivity index (χ0v) is 34.7. The second-order valence-corrected chi connectivity index (χ2v) is 19.1. The number of nitrogens with one attached hydrogen (secondary N) is 3. The molecule has 61 heavy (non-hydrogen) atoms. The average molecular weight is 857 g/mol. The molecule has 3 aliphatic carbocycles. The Kier molecular flexibility index (Phi) is 10.9. The van der Waals surface area contributed by atoms with Crippen LogP contribution >= 0.6 is 0 Å². The van der Waals surface area contributed by atoms with Crippen molar-refractivity contribution in [3.8, 4) is 17.3 Å². The van der Waals surface area contributed by atoms with Gasteiger partial charge in [0.05, 0.1) is 11.8 Å². The first kappa shape index (κ1) is 40.8. The van der Waals surface area contributed by atoms with Crippen LogP contribution in [0.2, 0.25) is 0 Å². The van der Waals surface area contributed by atoms with Crippen molar-refractivity contribution in [2.24, 2.45) is 5.92 Å². The molecule has 2 aliphatic heterocycles. The normalized spacial score (nSPS) is 26.2. The summed E-state index contributed by atoms with van der Waals surface area (Å²) in [6.07, 6.45) is 9.50. The number of hydrogen-bond acceptors (Lipinski definition) is 11. The van der Waals surface area contributed by atoms with Gasteiger partial charge in [-0.2, -0.15) is 4.98 Å². The number of halogens is 1. The summed E-state index contributed by atoms with van der Waals surface area (Å²) in [6.45, 7) is 1.83. The molecule has 4 heterocycles. The molecule has 1 saturated heterocycles. The van der Waals surface area contributed by atoms with Gasteiger partial charge in [-0.15, -0.1) is 0 Å². The fraction of sp³-hybridized carbons (Fsp3) is 0.500. The van der Waals surface area contributed by atoms with Gasteiger partial charge >= 0.3 is 6.09 Å². The maximum absolute atomic E-state index is 14.8. The van der Waals surface area contributed by atoms with Gasteiger partial charge in [-0.1, -0.05) is 36.6 Å². The van der Waals surface area contributed by atoms with E-state index in [0.29, 0.717) is 54.2 Å². The second kappa shape index (κ2) is 16.4. The summed E-state index contributed by atoms with van der Waals surface area (Å²) < 4.78 is 60.7. The van der Waals surface area contributed by atoms with E-state index < -0.39 is 74.5 Å². The molecular weight excluding hydrogens is 808 g/mol. The number of carbonyl (C=O) groups excluding carboxylic acids is 4. The Bertz CT molecular complexity index is 2520. The van der Waals surface area contributed by atoms with Gasteiger partial charge in [0.15, 0.2) is 5.82 Å². The molecule has 4 aromatic rings. The highest BCUT2D eigenvalue weighted by Crippen LogP contribution is 2.46. The Hall–Kier alpha value is -5.58. The molecule has 0 bridgehead atoms. The van der Waals surface area contributed by atoms with Gasteiger partial charge in [0.2, 0.25) is 27.4 Å². The lowest BCUT2D eigenvalue weighted by Crippen LogP contribution is -2.58. The van der Waals surface area contributed by atoms with Gasteiger partial charge in [0.25, 0.3) is 11.8 Å². The van der Waals surface area contributed by atoms with Gasteiger partial charge in [-0.05, 0) is 108 Å². The maximum Gasteiger partial charge on any atom is 0.408 e. The molecule has 322 valence electrons. The van der Waals surface area contributed by atoms with Gasteiger partial charge in [0.1, 0.15) is 46.7 Å². The van der Waals surface area contributed by atoms with Crippen molar-refractivity contribution in [1.82, 2.24) is 30.2 Å². The topological polar surface area (TPSA) is 199 Å². The minimum atomic E-state index is -3.93. The largest absolute Gasteiger partial charge is 0.470 e. The molecule has 17 heteroatoms. The minimum Gasteiger partial charge on any atom is -0.470 e. The second-order valence-electron chi connectivity index (χ2n) is 17.1. The molecule has 4 fully saturated rings. The molecular formula is C44H49FN6O9S.